The van der Waals surface area contributed by atoms with Crippen molar-refractivity contribution in [3.8, 4) is 0 Å². The van der Waals surface area contributed by atoms with Crippen molar-refractivity contribution in [3.05, 3.63) is 75.4 Å². The molecule has 0 spiro atoms. The lowest BCUT2D eigenvalue weighted by atomic mass is 9.89. The first-order valence-electron chi connectivity index (χ1n) is 7.40. The van der Waals surface area contributed by atoms with Crippen molar-refractivity contribution in [1.29, 1.82) is 0 Å². The van der Waals surface area contributed by atoms with Crippen LogP contribution in [0.2, 0.25) is 0 Å². The molecular formula is C20H22. The van der Waals surface area contributed by atoms with Gasteiger partial charge in [0.1, 0.15) is 0 Å². The molecule has 1 aliphatic rings. The third kappa shape index (κ3) is 2.20. The van der Waals surface area contributed by atoms with Gasteiger partial charge in [0, 0.05) is 5.92 Å². The number of benzene rings is 2. The maximum absolute atomic E-state index is 2.36. The molecule has 1 atom stereocenters. The Morgan fingerprint density at radius 2 is 1.70 bits per heavy atom. The third-order valence-electron chi connectivity index (χ3n) is 4.76. The van der Waals surface area contributed by atoms with Crippen LogP contribution >= 0.6 is 0 Å². The largest absolute Gasteiger partial charge is 0.0760 e. The first-order valence-corrected chi connectivity index (χ1v) is 7.40. The highest BCUT2D eigenvalue weighted by atomic mass is 14.2. The molecule has 20 heavy (non-hydrogen) atoms. The fraction of sp³-hybridized carbons (Fsp3) is 0.300. The summed E-state index contributed by atoms with van der Waals surface area (Å²) in [4.78, 5) is 0. The van der Waals surface area contributed by atoms with E-state index >= 15 is 0 Å². The van der Waals surface area contributed by atoms with Crippen LogP contribution in [-0.2, 0) is 6.42 Å². The molecule has 0 nitrogen and oxygen atoms in total. The van der Waals surface area contributed by atoms with Crippen LogP contribution in [0.3, 0.4) is 0 Å². The van der Waals surface area contributed by atoms with E-state index in [1.807, 2.05) is 0 Å². The predicted molar refractivity (Wildman–Crippen MR) is 87.3 cm³/mol. The van der Waals surface area contributed by atoms with Gasteiger partial charge in [0.25, 0.3) is 0 Å². The number of aryl methyl sites for hydroxylation is 2. The van der Waals surface area contributed by atoms with E-state index in [0.717, 1.165) is 6.42 Å². The molecule has 0 heterocycles. The van der Waals surface area contributed by atoms with Gasteiger partial charge in [-0.05, 0) is 67.5 Å². The maximum Gasteiger partial charge on any atom is 0.00678 e. The fourth-order valence-electron chi connectivity index (χ4n) is 3.14. The summed E-state index contributed by atoms with van der Waals surface area (Å²) in [6, 6.07) is 11.4. The van der Waals surface area contributed by atoms with Crippen molar-refractivity contribution >= 4 is 6.08 Å². The number of hydrogen-bond donors (Lipinski definition) is 0. The van der Waals surface area contributed by atoms with E-state index in [-0.39, 0.29) is 0 Å². The van der Waals surface area contributed by atoms with E-state index in [2.05, 4.69) is 70.2 Å². The molecule has 0 aliphatic heterocycles. The molecule has 0 amide bonds. The third-order valence-corrected chi connectivity index (χ3v) is 4.76. The van der Waals surface area contributed by atoms with Gasteiger partial charge in [-0.25, -0.2) is 0 Å². The Balaban J connectivity index is 1.93. The van der Waals surface area contributed by atoms with Crippen LogP contribution < -0.4 is 0 Å². The topological polar surface area (TPSA) is 0 Å². The van der Waals surface area contributed by atoms with Crippen molar-refractivity contribution in [3.63, 3.8) is 0 Å². The van der Waals surface area contributed by atoms with Gasteiger partial charge < -0.3 is 0 Å². The van der Waals surface area contributed by atoms with Gasteiger partial charge in [0.05, 0.1) is 0 Å². The molecule has 3 rings (SSSR count). The normalized spacial score (nSPS) is 16.5. The van der Waals surface area contributed by atoms with Crippen LogP contribution in [0.5, 0.6) is 0 Å². The molecule has 1 aliphatic carbocycles. The summed E-state index contributed by atoms with van der Waals surface area (Å²) in [5, 5.41) is 0. The zero-order valence-corrected chi connectivity index (χ0v) is 12.8. The number of fused-ring (bicyclic) bond motifs is 1. The molecule has 0 saturated heterocycles. The Labute approximate surface area is 122 Å². The summed E-state index contributed by atoms with van der Waals surface area (Å²) in [6.07, 6.45) is 5.74. The molecule has 0 bridgehead atoms. The summed E-state index contributed by atoms with van der Waals surface area (Å²) in [5.41, 5.74) is 10.0. The lowest BCUT2D eigenvalue weighted by molar-refractivity contribution is 0.840. The van der Waals surface area contributed by atoms with Crippen molar-refractivity contribution in [2.24, 2.45) is 0 Å². The van der Waals surface area contributed by atoms with E-state index in [0.29, 0.717) is 5.92 Å². The average molecular weight is 262 g/mol. The summed E-state index contributed by atoms with van der Waals surface area (Å²) in [5.74, 6) is 0.533. The van der Waals surface area contributed by atoms with E-state index in [1.54, 1.807) is 0 Å². The molecule has 0 N–H and O–H groups in total. The Morgan fingerprint density at radius 1 is 0.900 bits per heavy atom. The molecule has 0 radical (unpaired) electrons. The van der Waals surface area contributed by atoms with E-state index in [4.69, 9.17) is 0 Å². The van der Waals surface area contributed by atoms with Gasteiger partial charge in [0.2, 0.25) is 0 Å². The van der Waals surface area contributed by atoms with Crippen LogP contribution in [0.25, 0.3) is 6.08 Å². The van der Waals surface area contributed by atoms with Crippen LogP contribution in [0.4, 0.5) is 0 Å². The first-order chi connectivity index (χ1) is 9.56. The minimum Gasteiger partial charge on any atom is -0.0760 e. The maximum atomic E-state index is 2.36. The molecule has 2 aromatic rings. The second-order valence-electron chi connectivity index (χ2n) is 6.09. The molecule has 0 fully saturated rings. The van der Waals surface area contributed by atoms with E-state index < -0.39 is 0 Å². The monoisotopic (exact) mass is 262 g/mol. The molecule has 2 aromatic carbocycles. The smallest absolute Gasteiger partial charge is 0.00678 e. The van der Waals surface area contributed by atoms with Gasteiger partial charge in [0.15, 0.2) is 0 Å². The number of rotatable bonds is 2. The van der Waals surface area contributed by atoms with Crippen LogP contribution in [0.15, 0.2) is 36.4 Å². The standard InChI is InChI=1S/C20H22/c1-13-5-7-17-9-10-19(20(17)11-13)12-18-8-6-14(2)15(3)16(18)4/h5-11,19H,12H2,1-4H3. The highest BCUT2D eigenvalue weighted by Crippen LogP contribution is 2.34. The van der Waals surface area contributed by atoms with E-state index in [1.165, 1.54) is 38.9 Å². The van der Waals surface area contributed by atoms with Crippen molar-refractivity contribution < 1.29 is 0 Å². The Kier molecular flexibility index (Phi) is 3.25. The summed E-state index contributed by atoms with van der Waals surface area (Å²) >= 11 is 0. The van der Waals surface area contributed by atoms with Gasteiger partial charge in [-0.3, -0.25) is 0 Å². The quantitative estimate of drug-likeness (QED) is 0.691. The summed E-state index contributed by atoms with van der Waals surface area (Å²) in [6.45, 7) is 8.86. The molecule has 0 heteroatoms. The highest BCUT2D eigenvalue weighted by Gasteiger charge is 2.18. The van der Waals surface area contributed by atoms with Crippen molar-refractivity contribution in [2.45, 2.75) is 40.0 Å². The minimum absolute atomic E-state index is 0.533. The van der Waals surface area contributed by atoms with Crippen LogP contribution in [0, 0.1) is 27.7 Å². The molecule has 1 unspecified atom stereocenters. The lowest BCUT2D eigenvalue weighted by Gasteiger charge is -2.16. The average Bonchev–Trinajstić information content (AvgIpc) is 2.82. The Hall–Kier alpha value is -1.82. The van der Waals surface area contributed by atoms with Gasteiger partial charge in [-0.2, -0.15) is 0 Å². The molecule has 0 aromatic heterocycles. The SMILES string of the molecule is Cc1ccc2c(c1)C(Cc1ccc(C)c(C)c1C)C=C2. The van der Waals surface area contributed by atoms with Gasteiger partial charge in [-0.1, -0.05) is 48.0 Å². The van der Waals surface area contributed by atoms with Crippen LogP contribution in [0.1, 0.15) is 44.9 Å². The Morgan fingerprint density at radius 3 is 2.50 bits per heavy atom. The van der Waals surface area contributed by atoms with E-state index in [9.17, 15) is 0 Å². The zero-order valence-electron chi connectivity index (χ0n) is 12.8. The second kappa shape index (κ2) is 4.94. The van der Waals surface area contributed by atoms with Crippen LogP contribution in [-0.4, -0.2) is 0 Å². The molecule has 0 saturated carbocycles. The van der Waals surface area contributed by atoms with Crippen molar-refractivity contribution in [1.82, 2.24) is 0 Å². The number of allylic oxidation sites excluding steroid dienone is 1. The second-order valence-corrected chi connectivity index (χ2v) is 6.09. The lowest BCUT2D eigenvalue weighted by Crippen LogP contribution is -2.02. The summed E-state index contributed by atoms with van der Waals surface area (Å²) < 4.78 is 0. The Bertz CT molecular complexity index is 689. The van der Waals surface area contributed by atoms with Gasteiger partial charge in [-0.15, -0.1) is 0 Å². The van der Waals surface area contributed by atoms with Crippen molar-refractivity contribution in [2.75, 3.05) is 0 Å². The fourth-order valence-corrected chi connectivity index (χ4v) is 3.14. The molecule has 102 valence electrons. The predicted octanol–water partition coefficient (Wildman–Crippen LogP) is 5.27. The zero-order chi connectivity index (χ0) is 14.3. The van der Waals surface area contributed by atoms with Gasteiger partial charge >= 0.3 is 0 Å². The first kappa shape index (κ1) is 13.2. The molecular weight excluding hydrogens is 240 g/mol. The number of hydrogen-bond acceptors (Lipinski definition) is 0. The minimum atomic E-state index is 0.533. The highest BCUT2D eigenvalue weighted by molar-refractivity contribution is 5.63. The summed E-state index contributed by atoms with van der Waals surface area (Å²) in [7, 11) is 0.